The van der Waals surface area contributed by atoms with Crippen LogP contribution in [0.25, 0.3) is 0 Å². The van der Waals surface area contributed by atoms with Gasteiger partial charge in [-0.1, -0.05) is 29.8 Å². The first-order chi connectivity index (χ1) is 24.1. The molecule has 0 fully saturated rings. The van der Waals surface area contributed by atoms with Crippen molar-refractivity contribution in [1.29, 1.82) is 0 Å². The standard InChI is InChI=1S/2C14H7ClF3NO5.C3H4O/c2*15-10-5-7(14(16,17)18)1-4-12(10)24-8-2-3-11(19(22)23)9(6-8)13(20)21;1-2-3-4/h2*1-6H,(H,20,21);2-3H,1H2. The molecule has 0 heterocycles. The van der Waals surface area contributed by atoms with Crippen molar-refractivity contribution in [3.05, 3.63) is 138 Å². The van der Waals surface area contributed by atoms with Crippen LogP contribution in [-0.2, 0) is 17.1 Å². The quantitative estimate of drug-likeness (QED) is 0.0539. The van der Waals surface area contributed by atoms with Gasteiger partial charge in [-0.3, -0.25) is 25.0 Å². The maximum Gasteiger partial charge on any atom is 0.416 e. The van der Waals surface area contributed by atoms with Crippen LogP contribution in [0, 0.1) is 20.2 Å². The van der Waals surface area contributed by atoms with Crippen molar-refractivity contribution in [2.45, 2.75) is 12.4 Å². The molecule has 13 nitrogen and oxygen atoms in total. The van der Waals surface area contributed by atoms with Crippen LogP contribution in [0.3, 0.4) is 0 Å². The summed E-state index contributed by atoms with van der Waals surface area (Å²) >= 11 is 11.4. The van der Waals surface area contributed by atoms with E-state index in [4.69, 9.17) is 47.7 Å². The van der Waals surface area contributed by atoms with E-state index in [2.05, 4.69) is 6.58 Å². The second-order valence-electron chi connectivity index (χ2n) is 9.34. The van der Waals surface area contributed by atoms with E-state index in [1.807, 2.05) is 0 Å². The van der Waals surface area contributed by atoms with Gasteiger partial charge in [-0.25, -0.2) is 9.59 Å². The van der Waals surface area contributed by atoms with E-state index in [1.54, 1.807) is 0 Å². The van der Waals surface area contributed by atoms with Gasteiger partial charge in [0, 0.05) is 24.3 Å². The van der Waals surface area contributed by atoms with Gasteiger partial charge in [0.25, 0.3) is 11.4 Å². The minimum Gasteiger partial charge on any atom is -0.477 e. The molecule has 2 N–H and O–H groups in total. The number of nitro benzene ring substituents is 2. The van der Waals surface area contributed by atoms with Crippen LogP contribution in [0.1, 0.15) is 31.8 Å². The first-order valence-electron chi connectivity index (χ1n) is 13.3. The topological polar surface area (TPSA) is 196 Å². The molecule has 0 amide bonds. The maximum absolute atomic E-state index is 12.6. The molecule has 52 heavy (non-hydrogen) atoms. The Morgan fingerprint density at radius 2 is 1.00 bits per heavy atom. The summed E-state index contributed by atoms with van der Waals surface area (Å²) in [5, 5.41) is 38.8. The summed E-state index contributed by atoms with van der Waals surface area (Å²) in [5.41, 5.74) is -4.49. The summed E-state index contributed by atoms with van der Waals surface area (Å²) in [6.45, 7) is 3.11. The van der Waals surface area contributed by atoms with Gasteiger partial charge in [-0.2, -0.15) is 26.3 Å². The zero-order valence-electron chi connectivity index (χ0n) is 25.3. The molecule has 0 bridgehead atoms. The Hall–Kier alpha value is -6.21. The van der Waals surface area contributed by atoms with Crippen LogP contribution >= 0.6 is 23.2 Å². The van der Waals surface area contributed by atoms with E-state index in [1.165, 1.54) is 6.08 Å². The van der Waals surface area contributed by atoms with Crippen molar-refractivity contribution in [2.24, 2.45) is 0 Å². The summed E-state index contributed by atoms with van der Waals surface area (Å²) in [6.07, 6.45) is -7.32. The second kappa shape index (κ2) is 17.6. The molecule has 0 aliphatic heterocycles. The van der Waals surface area contributed by atoms with Crippen LogP contribution in [0.4, 0.5) is 37.7 Å². The highest BCUT2D eigenvalue weighted by atomic mass is 35.5. The number of alkyl halides is 6. The number of carbonyl (C=O) groups excluding carboxylic acids is 1. The number of aromatic carboxylic acids is 2. The van der Waals surface area contributed by atoms with Crippen molar-refractivity contribution in [3.63, 3.8) is 0 Å². The number of halogens is 8. The number of allylic oxidation sites excluding steroid dienone is 1. The Balaban J connectivity index is 0.000000327. The molecular formula is C31H18Cl2F6N2O11. The normalized spacial score (nSPS) is 10.7. The third-order valence-electron chi connectivity index (χ3n) is 5.86. The molecular weight excluding hydrogens is 761 g/mol. The maximum atomic E-state index is 12.6. The summed E-state index contributed by atoms with van der Waals surface area (Å²) < 4.78 is 85.8. The molecule has 4 aromatic rings. The summed E-state index contributed by atoms with van der Waals surface area (Å²) in [5.74, 6) is -3.67. The molecule has 0 atom stereocenters. The fraction of sp³-hybridized carbons (Fsp3) is 0.0645. The number of aldehydes is 1. The van der Waals surface area contributed by atoms with Crippen molar-refractivity contribution < 1.29 is 70.3 Å². The zero-order chi connectivity index (χ0) is 39.6. The Kier molecular flexibility index (Phi) is 14.2. The van der Waals surface area contributed by atoms with Gasteiger partial charge in [-0.15, -0.1) is 0 Å². The molecule has 0 unspecified atom stereocenters. The summed E-state index contributed by atoms with van der Waals surface area (Å²) in [6, 6.07) is 10.5. The van der Waals surface area contributed by atoms with Crippen LogP contribution in [0.2, 0.25) is 10.0 Å². The molecule has 0 radical (unpaired) electrons. The number of hydrogen-bond donors (Lipinski definition) is 2. The fourth-order valence-corrected chi connectivity index (χ4v) is 4.03. The lowest BCUT2D eigenvalue weighted by atomic mass is 10.1. The number of rotatable bonds is 9. The number of nitro groups is 2. The Morgan fingerprint density at radius 3 is 1.23 bits per heavy atom. The third kappa shape index (κ3) is 11.7. The van der Waals surface area contributed by atoms with Gasteiger partial charge in [0.2, 0.25) is 0 Å². The van der Waals surface area contributed by atoms with Gasteiger partial charge < -0.3 is 19.7 Å². The van der Waals surface area contributed by atoms with Gasteiger partial charge >= 0.3 is 24.3 Å². The number of nitrogens with zero attached hydrogens (tertiary/aromatic N) is 2. The molecule has 274 valence electrons. The van der Waals surface area contributed by atoms with Crippen LogP contribution in [0.5, 0.6) is 23.0 Å². The van der Waals surface area contributed by atoms with Gasteiger partial charge in [0.15, 0.2) is 0 Å². The molecule has 0 aliphatic carbocycles. The number of hydrogen-bond acceptors (Lipinski definition) is 9. The van der Waals surface area contributed by atoms with E-state index >= 15 is 0 Å². The van der Waals surface area contributed by atoms with Crippen molar-refractivity contribution in [1.82, 2.24) is 0 Å². The molecule has 0 spiro atoms. The second-order valence-corrected chi connectivity index (χ2v) is 10.2. The van der Waals surface area contributed by atoms with Gasteiger partial charge in [-0.05, 0) is 54.6 Å². The number of carbonyl (C=O) groups is 3. The summed E-state index contributed by atoms with van der Waals surface area (Å²) in [4.78, 5) is 50.9. The van der Waals surface area contributed by atoms with Crippen LogP contribution < -0.4 is 9.47 Å². The Bertz CT molecular complexity index is 1880. The van der Waals surface area contributed by atoms with Crippen LogP contribution in [-0.4, -0.2) is 38.3 Å². The monoisotopic (exact) mass is 778 g/mol. The molecule has 0 aliphatic rings. The molecule has 0 saturated carbocycles. The highest BCUT2D eigenvalue weighted by Crippen LogP contribution is 2.38. The Morgan fingerprint density at radius 1 is 0.673 bits per heavy atom. The van der Waals surface area contributed by atoms with Gasteiger partial charge in [0.1, 0.15) is 40.4 Å². The largest absolute Gasteiger partial charge is 0.477 e. The van der Waals surface area contributed by atoms with E-state index < -0.39 is 67.8 Å². The lowest BCUT2D eigenvalue weighted by Crippen LogP contribution is -2.05. The SMILES string of the molecule is C=CC=O.O=C(O)c1cc(Oc2ccc(C(F)(F)F)cc2Cl)ccc1[N+](=O)[O-].O=C(O)c1cc(Oc2ccc(C(F)(F)F)cc2Cl)ccc1[N+](=O)[O-]. The smallest absolute Gasteiger partial charge is 0.416 e. The van der Waals surface area contributed by atoms with Gasteiger partial charge in [0.05, 0.1) is 31.0 Å². The highest BCUT2D eigenvalue weighted by Gasteiger charge is 2.32. The number of carboxylic acid groups (broad SMARTS) is 2. The van der Waals surface area contributed by atoms with Crippen molar-refractivity contribution >= 4 is 52.8 Å². The minimum atomic E-state index is -4.58. The van der Waals surface area contributed by atoms with E-state index in [9.17, 15) is 56.2 Å². The number of ether oxygens (including phenoxy) is 2. The average molecular weight is 779 g/mol. The lowest BCUT2D eigenvalue weighted by Gasteiger charge is -2.11. The van der Waals surface area contributed by atoms with Crippen molar-refractivity contribution in [2.75, 3.05) is 0 Å². The van der Waals surface area contributed by atoms with E-state index in [-0.39, 0.29) is 33.0 Å². The molecule has 0 saturated heterocycles. The molecule has 21 heteroatoms. The predicted octanol–water partition coefficient (Wildman–Crippen LogP) is 9.89. The summed E-state index contributed by atoms with van der Waals surface area (Å²) in [7, 11) is 0. The first kappa shape index (κ1) is 42.0. The van der Waals surface area contributed by atoms with Crippen LogP contribution in [0.15, 0.2) is 85.5 Å². The first-order valence-corrected chi connectivity index (χ1v) is 14.0. The fourth-order valence-electron chi connectivity index (χ4n) is 3.59. The van der Waals surface area contributed by atoms with E-state index in [0.717, 1.165) is 60.7 Å². The minimum absolute atomic E-state index is 0.125. The molecule has 0 aromatic heterocycles. The average Bonchev–Trinajstić information content (AvgIpc) is 3.05. The van der Waals surface area contributed by atoms with Crippen molar-refractivity contribution in [3.8, 4) is 23.0 Å². The third-order valence-corrected chi connectivity index (χ3v) is 6.45. The molecule has 4 aromatic carbocycles. The number of carboxylic acids is 2. The number of benzene rings is 4. The zero-order valence-corrected chi connectivity index (χ0v) is 26.8. The highest BCUT2D eigenvalue weighted by molar-refractivity contribution is 6.32. The lowest BCUT2D eigenvalue weighted by molar-refractivity contribution is -0.385. The molecule has 4 rings (SSSR count). The predicted molar refractivity (Wildman–Crippen MR) is 169 cm³/mol. The Labute approximate surface area is 296 Å². The van der Waals surface area contributed by atoms with E-state index in [0.29, 0.717) is 18.4 Å².